The molecule has 3 aromatic carbocycles. The van der Waals surface area contributed by atoms with Gasteiger partial charge in [0.15, 0.2) is 0 Å². The van der Waals surface area contributed by atoms with Crippen LogP contribution in [0.15, 0.2) is 71.6 Å². The van der Waals surface area contributed by atoms with Gasteiger partial charge in [-0.25, -0.2) is 8.42 Å². The number of halogens is 1. The van der Waals surface area contributed by atoms with Crippen molar-refractivity contribution in [1.82, 2.24) is 4.31 Å². The smallest absolute Gasteiger partial charge is 0.255 e. The zero-order chi connectivity index (χ0) is 22.7. The summed E-state index contributed by atoms with van der Waals surface area (Å²) in [6.45, 7) is 2.91. The number of anilines is 1. The van der Waals surface area contributed by atoms with E-state index in [2.05, 4.69) is 5.32 Å². The molecule has 1 N–H and O–H groups in total. The van der Waals surface area contributed by atoms with Crippen LogP contribution in [0.2, 0.25) is 5.02 Å². The third-order valence-electron chi connectivity index (χ3n) is 5.34. The number of benzene rings is 3. The van der Waals surface area contributed by atoms with Crippen molar-refractivity contribution >= 4 is 33.2 Å². The highest BCUT2D eigenvalue weighted by atomic mass is 35.5. The van der Waals surface area contributed by atoms with Gasteiger partial charge in [-0.15, -0.1) is 0 Å². The molecule has 0 radical (unpaired) electrons. The van der Waals surface area contributed by atoms with Crippen molar-refractivity contribution in [3.63, 3.8) is 0 Å². The molecule has 8 heteroatoms. The summed E-state index contributed by atoms with van der Waals surface area (Å²) in [4.78, 5) is 12.8. The summed E-state index contributed by atoms with van der Waals surface area (Å²) >= 11 is 5.90. The molecule has 0 bridgehead atoms. The van der Waals surface area contributed by atoms with E-state index >= 15 is 0 Å². The number of carbonyl (C=O) groups excluding carboxylic acids is 1. The first-order chi connectivity index (χ1) is 15.4. The highest BCUT2D eigenvalue weighted by Crippen LogP contribution is 2.31. The minimum absolute atomic E-state index is 0.103. The molecule has 0 unspecified atom stereocenters. The maximum atomic E-state index is 13.4. The van der Waals surface area contributed by atoms with E-state index in [0.29, 0.717) is 48.1 Å². The third-order valence-corrected chi connectivity index (χ3v) is 7.43. The van der Waals surface area contributed by atoms with Crippen molar-refractivity contribution in [3.05, 3.63) is 88.4 Å². The van der Waals surface area contributed by atoms with Gasteiger partial charge in [0, 0.05) is 23.7 Å². The lowest BCUT2D eigenvalue weighted by molar-refractivity contribution is 0.102. The quantitative estimate of drug-likeness (QED) is 0.564. The number of carbonyl (C=O) groups is 1. The Labute approximate surface area is 192 Å². The second-order valence-electron chi connectivity index (χ2n) is 7.41. The molecule has 3 aromatic rings. The number of amides is 1. The molecular formula is C24H23ClN2O4S. The molecule has 0 aromatic heterocycles. The monoisotopic (exact) mass is 470 g/mol. The van der Waals surface area contributed by atoms with Gasteiger partial charge in [0.25, 0.3) is 5.91 Å². The lowest BCUT2D eigenvalue weighted by Crippen LogP contribution is -2.36. The predicted molar refractivity (Wildman–Crippen MR) is 125 cm³/mol. The van der Waals surface area contributed by atoms with Crippen LogP contribution < -0.4 is 10.1 Å². The van der Waals surface area contributed by atoms with Gasteiger partial charge in [0.2, 0.25) is 10.0 Å². The molecule has 1 heterocycles. The van der Waals surface area contributed by atoms with Crippen molar-refractivity contribution in [2.75, 3.05) is 18.5 Å². The molecule has 166 valence electrons. The second kappa shape index (κ2) is 9.32. The van der Waals surface area contributed by atoms with Gasteiger partial charge < -0.3 is 10.1 Å². The van der Waals surface area contributed by atoms with E-state index in [1.165, 1.54) is 22.0 Å². The third kappa shape index (κ3) is 4.65. The lowest BCUT2D eigenvalue weighted by atomic mass is 10.0. The van der Waals surface area contributed by atoms with Gasteiger partial charge in [-0.1, -0.05) is 35.9 Å². The van der Waals surface area contributed by atoms with Crippen LogP contribution in [-0.4, -0.2) is 31.8 Å². The molecule has 1 aliphatic heterocycles. The molecular weight excluding hydrogens is 448 g/mol. The van der Waals surface area contributed by atoms with Gasteiger partial charge in [-0.3, -0.25) is 4.79 Å². The van der Waals surface area contributed by atoms with Crippen molar-refractivity contribution in [3.8, 4) is 5.75 Å². The predicted octanol–water partition coefficient (Wildman–Crippen LogP) is 4.74. The van der Waals surface area contributed by atoms with E-state index in [4.69, 9.17) is 16.3 Å². The van der Waals surface area contributed by atoms with Gasteiger partial charge in [0.05, 0.1) is 17.2 Å². The standard InChI is InChI=1S/C24H23ClN2O4S/c1-2-31-23-12-11-21(15-22(23)26-24(28)18-7-9-20(25)10-8-18)32(29,30)27-14-13-17-5-3-4-6-19(17)16-27/h3-12,15H,2,13-14,16H2,1H3,(H,26,28). The fourth-order valence-corrected chi connectivity index (χ4v) is 5.24. The maximum Gasteiger partial charge on any atom is 0.255 e. The largest absolute Gasteiger partial charge is 0.492 e. The fourth-order valence-electron chi connectivity index (χ4n) is 3.67. The van der Waals surface area contributed by atoms with E-state index < -0.39 is 10.0 Å². The molecule has 0 atom stereocenters. The average Bonchev–Trinajstić information content (AvgIpc) is 2.80. The molecule has 1 amide bonds. The molecule has 32 heavy (non-hydrogen) atoms. The van der Waals surface area contributed by atoms with Crippen LogP contribution >= 0.6 is 11.6 Å². The van der Waals surface area contributed by atoms with E-state index in [1.54, 1.807) is 30.3 Å². The molecule has 0 spiro atoms. The average molecular weight is 471 g/mol. The summed E-state index contributed by atoms with van der Waals surface area (Å²) in [5, 5.41) is 3.29. The SMILES string of the molecule is CCOc1ccc(S(=O)(=O)N2CCc3ccccc3C2)cc1NC(=O)c1ccc(Cl)cc1. The van der Waals surface area contributed by atoms with Crippen LogP contribution in [0.3, 0.4) is 0 Å². The van der Waals surface area contributed by atoms with Crippen molar-refractivity contribution in [2.24, 2.45) is 0 Å². The fraction of sp³-hybridized carbons (Fsp3) is 0.208. The Bertz CT molecular complexity index is 1240. The van der Waals surface area contributed by atoms with Crippen molar-refractivity contribution < 1.29 is 17.9 Å². The summed E-state index contributed by atoms with van der Waals surface area (Å²) in [5.41, 5.74) is 2.87. The summed E-state index contributed by atoms with van der Waals surface area (Å²) < 4.78 is 33.8. The van der Waals surface area contributed by atoms with E-state index in [-0.39, 0.29) is 10.8 Å². The number of nitrogens with zero attached hydrogens (tertiary/aromatic N) is 1. The molecule has 6 nitrogen and oxygen atoms in total. The Hall–Kier alpha value is -2.87. The number of rotatable bonds is 6. The zero-order valence-corrected chi connectivity index (χ0v) is 19.1. The molecule has 0 saturated heterocycles. The Morgan fingerprint density at radius 2 is 1.78 bits per heavy atom. The normalized spacial score (nSPS) is 13.9. The summed E-state index contributed by atoms with van der Waals surface area (Å²) in [6.07, 6.45) is 0.659. The summed E-state index contributed by atoms with van der Waals surface area (Å²) in [7, 11) is -3.76. The Morgan fingerprint density at radius 3 is 2.50 bits per heavy atom. The van der Waals surface area contributed by atoms with Crippen molar-refractivity contribution in [1.29, 1.82) is 0 Å². The molecule has 0 aliphatic carbocycles. The van der Waals surface area contributed by atoms with Gasteiger partial charge >= 0.3 is 0 Å². The van der Waals surface area contributed by atoms with Gasteiger partial charge in [0.1, 0.15) is 5.75 Å². The van der Waals surface area contributed by atoms with E-state index in [0.717, 1.165) is 5.56 Å². The van der Waals surface area contributed by atoms with Gasteiger partial charge in [-0.05, 0) is 66.9 Å². The van der Waals surface area contributed by atoms with E-state index in [1.807, 2.05) is 31.2 Å². The molecule has 4 rings (SSSR count). The van der Waals surface area contributed by atoms with Crippen molar-refractivity contribution in [2.45, 2.75) is 24.8 Å². The molecule has 0 saturated carbocycles. The van der Waals surface area contributed by atoms with Crippen LogP contribution in [0, 0.1) is 0 Å². The minimum Gasteiger partial charge on any atom is -0.492 e. The Balaban J connectivity index is 1.63. The number of hydrogen-bond donors (Lipinski definition) is 1. The number of sulfonamides is 1. The lowest BCUT2D eigenvalue weighted by Gasteiger charge is -2.28. The number of fused-ring (bicyclic) bond motifs is 1. The Kier molecular flexibility index (Phi) is 6.50. The van der Waals surface area contributed by atoms with Crippen LogP contribution in [0.4, 0.5) is 5.69 Å². The first kappa shape index (κ1) is 22.3. The molecule has 1 aliphatic rings. The number of hydrogen-bond acceptors (Lipinski definition) is 4. The molecule has 0 fully saturated rings. The van der Waals surface area contributed by atoms with Crippen LogP contribution in [0.25, 0.3) is 0 Å². The first-order valence-electron chi connectivity index (χ1n) is 10.3. The summed E-state index contributed by atoms with van der Waals surface area (Å²) in [6, 6.07) is 18.8. The number of nitrogens with one attached hydrogen (secondary N) is 1. The first-order valence-corrected chi connectivity index (χ1v) is 12.1. The number of ether oxygens (including phenoxy) is 1. The highest BCUT2D eigenvalue weighted by molar-refractivity contribution is 7.89. The van der Waals surface area contributed by atoms with E-state index in [9.17, 15) is 13.2 Å². The second-order valence-corrected chi connectivity index (χ2v) is 9.78. The van der Waals surface area contributed by atoms with Crippen LogP contribution in [0.1, 0.15) is 28.4 Å². The summed E-state index contributed by atoms with van der Waals surface area (Å²) in [5.74, 6) is 0.0156. The zero-order valence-electron chi connectivity index (χ0n) is 17.5. The maximum absolute atomic E-state index is 13.4. The minimum atomic E-state index is -3.76. The topological polar surface area (TPSA) is 75.7 Å². The van der Waals surface area contributed by atoms with Gasteiger partial charge in [-0.2, -0.15) is 4.31 Å². The Morgan fingerprint density at radius 1 is 1.06 bits per heavy atom. The van der Waals surface area contributed by atoms with Crippen LogP contribution in [-0.2, 0) is 23.0 Å². The highest BCUT2D eigenvalue weighted by Gasteiger charge is 2.29. The van der Waals surface area contributed by atoms with Crippen LogP contribution in [0.5, 0.6) is 5.75 Å².